The highest BCUT2D eigenvalue weighted by Gasteiger charge is 2.16. The summed E-state index contributed by atoms with van der Waals surface area (Å²) >= 11 is 8.63. The van der Waals surface area contributed by atoms with E-state index >= 15 is 0 Å². The van der Waals surface area contributed by atoms with Gasteiger partial charge in [-0.25, -0.2) is 0 Å². The number of hydrogen-bond acceptors (Lipinski definition) is 4. The van der Waals surface area contributed by atoms with Crippen LogP contribution in [0.1, 0.15) is 5.56 Å². The lowest BCUT2D eigenvalue weighted by atomic mass is 10.2. The third kappa shape index (κ3) is 2.55. The first kappa shape index (κ1) is 14.8. The Morgan fingerprint density at radius 1 is 1.29 bits per heavy atom. The maximum Gasteiger partial charge on any atom is 0.294 e. The van der Waals surface area contributed by atoms with Crippen LogP contribution in [0.5, 0.6) is 0 Å². The van der Waals surface area contributed by atoms with E-state index in [0.29, 0.717) is 9.82 Å². The van der Waals surface area contributed by atoms with Gasteiger partial charge in [0.15, 0.2) is 0 Å². The number of nitrogens with zero attached hydrogens (tertiary/aromatic N) is 2. The fourth-order valence-corrected chi connectivity index (χ4v) is 5.62. The third-order valence-electron chi connectivity index (χ3n) is 3.05. The molecule has 0 N–H and O–H groups in total. The molecular weight excluding hydrogens is 348 g/mol. The molecular formula is C13H11ClN2O2S3. The van der Waals surface area contributed by atoms with Crippen LogP contribution in [0.3, 0.4) is 0 Å². The van der Waals surface area contributed by atoms with Crippen LogP contribution in [-0.2, 0) is 17.1 Å². The van der Waals surface area contributed by atoms with Crippen LogP contribution in [0.25, 0.3) is 10.2 Å². The number of aromatic nitrogens is 1. The zero-order valence-corrected chi connectivity index (χ0v) is 14.4. The summed E-state index contributed by atoms with van der Waals surface area (Å²) < 4.78 is 31.3. The average molecular weight is 359 g/mol. The van der Waals surface area contributed by atoms with Gasteiger partial charge in [-0.15, -0.1) is 15.7 Å². The number of thiophene rings is 1. The minimum atomic E-state index is -3.68. The van der Waals surface area contributed by atoms with E-state index in [2.05, 4.69) is 4.40 Å². The Balaban J connectivity index is 2.32. The van der Waals surface area contributed by atoms with Crippen LogP contribution in [-0.4, -0.2) is 13.0 Å². The second kappa shape index (κ2) is 5.24. The van der Waals surface area contributed by atoms with E-state index in [0.717, 1.165) is 27.1 Å². The van der Waals surface area contributed by atoms with Gasteiger partial charge in [0, 0.05) is 7.05 Å². The monoisotopic (exact) mass is 358 g/mol. The summed E-state index contributed by atoms with van der Waals surface area (Å²) in [5.74, 6) is 0. The van der Waals surface area contributed by atoms with Crippen LogP contribution in [0.2, 0.25) is 5.02 Å². The molecule has 0 saturated heterocycles. The fraction of sp³-hybridized carbons (Fsp3) is 0.154. The maximum atomic E-state index is 12.3. The minimum absolute atomic E-state index is 0.239. The van der Waals surface area contributed by atoms with Gasteiger partial charge in [-0.3, -0.25) is 0 Å². The molecule has 3 rings (SSSR count). The molecule has 2 aromatic heterocycles. The van der Waals surface area contributed by atoms with E-state index in [4.69, 9.17) is 11.6 Å². The number of benzene rings is 1. The summed E-state index contributed by atoms with van der Waals surface area (Å²) in [5.41, 5.74) is 1.94. The zero-order chi connectivity index (χ0) is 15.2. The number of rotatable bonds is 2. The van der Waals surface area contributed by atoms with Gasteiger partial charge in [0.25, 0.3) is 10.0 Å². The number of thiazole rings is 1. The van der Waals surface area contributed by atoms with Crippen molar-refractivity contribution in [2.45, 2.75) is 11.1 Å². The van der Waals surface area contributed by atoms with E-state index in [1.54, 1.807) is 29.1 Å². The van der Waals surface area contributed by atoms with Crippen molar-refractivity contribution in [2.75, 3.05) is 0 Å². The van der Waals surface area contributed by atoms with Crippen molar-refractivity contribution in [2.24, 2.45) is 11.4 Å². The molecule has 0 radical (unpaired) electrons. The molecule has 0 aliphatic carbocycles. The first-order valence-electron chi connectivity index (χ1n) is 5.99. The Morgan fingerprint density at radius 2 is 2.05 bits per heavy atom. The van der Waals surface area contributed by atoms with Crippen LogP contribution >= 0.6 is 34.3 Å². The van der Waals surface area contributed by atoms with Crippen molar-refractivity contribution in [3.63, 3.8) is 0 Å². The van der Waals surface area contributed by atoms with Crippen LogP contribution in [0, 0.1) is 6.92 Å². The smallest absolute Gasteiger partial charge is 0.294 e. The molecule has 0 atom stereocenters. The highest BCUT2D eigenvalue weighted by atomic mass is 35.5. The fourth-order valence-electron chi connectivity index (χ4n) is 2.05. The molecule has 110 valence electrons. The molecule has 1 aromatic carbocycles. The minimum Gasteiger partial charge on any atom is -0.319 e. The van der Waals surface area contributed by atoms with Gasteiger partial charge in [-0.1, -0.05) is 35.1 Å². The number of sulfonamides is 1. The van der Waals surface area contributed by atoms with Gasteiger partial charge in [-0.2, -0.15) is 8.42 Å². The van der Waals surface area contributed by atoms with Crippen molar-refractivity contribution in [3.8, 4) is 0 Å². The van der Waals surface area contributed by atoms with Gasteiger partial charge < -0.3 is 4.57 Å². The highest BCUT2D eigenvalue weighted by molar-refractivity contribution is 7.92. The third-order valence-corrected chi connectivity index (χ3v) is 7.40. The molecule has 0 fully saturated rings. The molecule has 0 saturated carbocycles. The number of hydrogen-bond donors (Lipinski definition) is 0. The molecule has 2 heterocycles. The molecule has 4 nitrogen and oxygen atoms in total. The van der Waals surface area contributed by atoms with Gasteiger partial charge in [-0.05, 0) is 30.0 Å². The predicted octanol–water partition coefficient (Wildman–Crippen LogP) is 3.55. The second-order valence-electron chi connectivity index (χ2n) is 4.48. The van der Waals surface area contributed by atoms with Crippen molar-refractivity contribution in [3.05, 3.63) is 45.0 Å². The first-order valence-corrected chi connectivity index (χ1v) is 9.51. The lowest BCUT2D eigenvalue weighted by Gasteiger charge is -2.00. The number of halogens is 1. The predicted molar refractivity (Wildman–Crippen MR) is 87.6 cm³/mol. The maximum absolute atomic E-state index is 12.3. The highest BCUT2D eigenvalue weighted by Crippen LogP contribution is 2.28. The van der Waals surface area contributed by atoms with Crippen molar-refractivity contribution in [1.29, 1.82) is 0 Å². The number of fused-ring (bicyclic) bond motifs is 1. The Kier molecular flexibility index (Phi) is 3.69. The Hall–Kier alpha value is -1.15. The largest absolute Gasteiger partial charge is 0.319 e. The summed E-state index contributed by atoms with van der Waals surface area (Å²) in [6.45, 7) is 1.96. The first-order chi connectivity index (χ1) is 9.90. The topological polar surface area (TPSA) is 51.4 Å². The van der Waals surface area contributed by atoms with E-state index in [1.807, 2.05) is 19.1 Å². The molecule has 0 amide bonds. The lowest BCUT2D eigenvalue weighted by Crippen LogP contribution is -2.13. The van der Waals surface area contributed by atoms with Crippen LogP contribution in [0.4, 0.5) is 0 Å². The van der Waals surface area contributed by atoms with Crippen molar-refractivity contribution in [1.82, 2.24) is 4.57 Å². The number of aryl methyl sites for hydroxylation is 2. The summed E-state index contributed by atoms with van der Waals surface area (Å²) in [4.78, 5) is 0.412. The van der Waals surface area contributed by atoms with Crippen LogP contribution in [0.15, 0.2) is 38.3 Å². The summed E-state index contributed by atoms with van der Waals surface area (Å²) in [6, 6.07) is 6.97. The molecule has 8 heteroatoms. The average Bonchev–Trinajstić information content (AvgIpc) is 3.04. The van der Waals surface area contributed by atoms with E-state index < -0.39 is 10.0 Å². The summed E-state index contributed by atoms with van der Waals surface area (Å²) in [5, 5.41) is 2.32. The molecule has 0 bridgehead atoms. The van der Waals surface area contributed by atoms with Gasteiger partial charge in [0.05, 0.1) is 15.2 Å². The van der Waals surface area contributed by atoms with Crippen molar-refractivity contribution >= 4 is 54.5 Å². The molecule has 21 heavy (non-hydrogen) atoms. The summed E-state index contributed by atoms with van der Waals surface area (Å²) in [6.07, 6.45) is 0. The SMILES string of the molecule is Cc1ccc(Cl)c2s/c(=N\S(=O)(=O)c3cccs3)n(C)c12. The molecule has 0 aliphatic heterocycles. The Morgan fingerprint density at radius 3 is 2.67 bits per heavy atom. The van der Waals surface area contributed by atoms with Gasteiger partial charge in [0.2, 0.25) is 4.80 Å². The zero-order valence-electron chi connectivity index (χ0n) is 11.2. The Labute approximate surface area is 135 Å². The molecule has 3 aromatic rings. The van der Waals surface area contributed by atoms with E-state index in [-0.39, 0.29) is 4.21 Å². The standard InChI is InChI=1S/C13H11ClN2O2S3/c1-8-5-6-9(14)12-11(8)16(2)13(20-12)15-21(17,18)10-4-3-7-19-10/h3-7H,1-2H3/b15-13-. The second-order valence-corrected chi connectivity index (χ2v) is 8.65. The van der Waals surface area contributed by atoms with Crippen molar-refractivity contribution < 1.29 is 8.42 Å². The quantitative estimate of drug-likeness (QED) is 0.703. The van der Waals surface area contributed by atoms with E-state index in [1.165, 1.54) is 11.3 Å². The van der Waals surface area contributed by atoms with Gasteiger partial charge >= 0.3 is 0 Å². The Bertz CT molecular complexity index is 983. The molecule has 0 spiro atoms. The molecule has 0 unspecified atom stereocenters. The summed E-state index contributed by atoms with van der Waals surface area (Å²) in [7, 11) is -1.88. The van der Waals surface area contributed by atoms with Crippen LogP contribution < -0.4 is 4.80 Å². The van der Waals surface area contributed by atoms with Gasteiger partial charge in [0.1, 0.15) is 4.21 Å². The lowest BCUT2D eigenvalue weighted by molar-refractivity contribution is 0.598. The normalized spacial score (nSPS) is 13.2. The van der Waals surface area contributed by atoms with E-state index in [9.17, 15) is 8.42 Å². The molecule has 0 aliphatic rings.